The Bertz CT molecular complexity index is 329. The fourth-order valence-corrected chi connectivity index (χ4v) is 2.84. The largest absolute Gasteiger partial charge is 0.481 e. The summed E-state index contributed by atoms with van der Waals surface area (Å²) in [6.45, 7) is 4.13. The zero-order valence-corrected chi connectivity index (χ0v) is 11.9. The lowest BCUT2D eigenvalue weighted by Gasteiger charge is -2.30. The first-order valence-electron chi connectivity index (χ1n) is 7.18. The maximum atomic E-state index is 12.0. The van der Waals surface area contributed by atoms with Gasteiger partial charge >= 0.3 is 5.97 Å². The van der Waals surface area contributed by atoms with E-state index >= 15 is 0 Å². The Kier molecular flexibility index (Phi) is 5.79. The number of carboxylic acid groups (broad SMARTS) is 1. The molecule has 1 rings (SSSR count). The van der Waals surface area contributed by atoms with E-state index in [0.717, 1.165) is 25.7 Å². The number of rotatable bonds is 6. The molecule has 0 bridgehead atoms. The SMILES string of the molecule is CCCC(C)(N)C(=O)NCC1CCCCC1C(=O)O. The van der Waals surface area contributed by atoms with Crippen LogP contribution in [0.15, 0.2) is 0 Å². The molecule has 0 spiro atoms. The average Bonchev–Trinajstić information content (AvgIpc) is 2.36. The Balaban J connectivity index is 2.50. The van der Waals surface area contributed by atoms with E-state index in [0.29, 0.717) is 19.4 Å². The third kappa shape index (κ3) is 4.49. The van der Waals surface area contributed by atoms with Gasteiger partial charge in [0.15, 0.2) is 0 Å². The number of hydrogen-bond acceptors (Lipinski definition) is 3. The summed E-state index contributed by atoms with van der Waals surface area (Å²) in [5.41, 5.74) is 5.09. The summed E-state index contributed by atoms with van der Waals surface area (Å²) in [6.07, 6.45) is 5.06. The van der Waals surface area contributed by atoms with Crippen LogP contribution in [0.3, 0.4) is 0 Å². The molecule has 3 atom stereocenters. The van der Waals surface area contributed by atoms with Crippen molar-refractivity contribution in [2.24, 2.45) is 17.6 Å². The van der Waals surface area contributed by atoms with Crippen molar-refractivity contribution in [2.45, 2.75) is 57.9 Å². The Labute approximate surface area is 114 Å². The van der Waals surface area contributed by atoms with Crippen LogP contribution >= 0.6 is 0 Å². The lowest BCUT2D eigenvalue weighted by molar-refractivity contribution is -0.145. The zero-order valence-electron chi connectivity index (χ0n) is 11.9. The Hall–Kier alpha value is -1.10. The zero-order chi connectivity index (χ0) is 14.5. The van der Waals surface area contributed by atoms with E-state index in [1.807, 2.05) is 6.92 Å². The molecule has 19 heavy (non-hydrogen) atoms. The van der Waals surface area contributed by atoms with Crippen LogP contribution in [0.4, 0.5) is 0 Å². The highest BCUT2D eigenvalue weighted by Crippen LogP contribution is 2.29. The topological polar surface area (TPSA) is 92.4 Å². The van der Waals surface area contributed by atoms with Crippen LogP contribution in [0, 0.1) is 11.8 Å². The number of carbonyl (C=O) groups is 2. The molecule has 0 heterocycles. The number of carboxylic acids is 1. The number of hydrogen-bond donors (Lipinski definition) is 3. The average molecular weight is 270 g/mol. The minimum atomic E-state index is -0.859. The van der Waals surface area contributed by atoms with Crippen LogP contribution in [0.2, 0.25) is 0 Å². The maximum absolute atomic E-state index is 12.0. The molecule has 1 fully saturated rings. The van der Waals surface area contributed by atoms with Gasteiger partial charge in [0.05, 0.1) is 11.5 Å². The summed E-state index contributed by atoms with van der Waals surface area (Å²) < 4.78 is 0. The second-order valence-corrected chi connectivity index (χ2v) is 5.87. The van der Waals surface area contributed by atoms with Crippen molar-refractivity contribution in [3.63, 3.8) is 0 Å². The molecule has 3 unspecified atom stereocenters. The fourth-order valence-electron chi connectivity index (χ4n) is 2.84. The van der Waals surface area contributed by atoms with Crippen LogP contribution in [-0.2, 0) is 9.59 Å². The van der Waals surface area contributed by atoms with Gasteiger partial charge in [0.25, 0.3) is 0 Å². The molecule has 1 amide bonds. The summed E-state index contributed by atoms with van der Waals surface area (Å²) in [7, 11) is 0. The molecule has 110 valence electrons. The van der Waals surface area contributed by atoms with Gasteiger partial charge in [-0.15, -0.1) is 0 Å². The monoisotopic (exact) mass is 270 g/mol. The number of amides is 1. The lowest BCUT2D eigenvalue weighted by Crippen LogP contribution is -2.53. The van der Waals surface area contributed by atoms with Gasteiger partial charge in [-0.05, 0) is 32.1 Å². The predicted molar refractivity (Wildman–Crippen MR) is 73.6 cm³/mol. The number of nitrogens with two attached hydrogens (primary N) is 1. The summed E-state index contributed by atoms with van der Waals surface area (Å²) in [5, 5.41) is 12.0. The smallest absolute Gasteiger partial charge is 0.306 e. The first kappa shape index (κ1) is 16.0. The van der Waals surface area contributed by atoms with Gasteiger partial charge in [0.2, 0.25) is 5.91 Å². The van der Waals surface area contributed by atoms with E-state index in [2.05, 4.69) is 5.32 Å². The van der Waals surface area contributed by atoms with Gasteiger partial charge < -0.3 is 16.2 Å². The molecule has 0 radical (unpaired) electrons. The van der Waals surface area contributed by atoms with Crippen LogP contribution in [0.5, 0.6) is 0 Å². The molecular weight excluding hydrogens is 244 g/mol. The van der Waals surface area contributed by atoms with Crippen LogP contribution in [0.25, 0.3) is 0 Å². The molecule has 0 aliphatic heterocycles. The highest BCUT2D eigenvalue weighted by atomic mass is 16.4. The first-order valence-corrected chi connectivity index (χ1v) is 7.18. The predicted octanol–water partition coefficient (Wildman–Crippen LogP) is 1.51. The van der Waals surface area contributed by atoms with Crippen LogP contribution in [-0.4, -0.2) is 29.1 Å². The first-order chi connectivity index (χ1) is 8.88. The van der Waals surface area contributed by atoms with Crippen molar-refractivity contribution in [1.82, 2.24) is 5.32 Å². The summed E-state index contributed by atoms with van der Waals surface area (Å²) >= 11 is 0. The molecule has 5 nitrogen and oxygen atoms in total. The second-order valence-electron chi connectivity index (χ2n) is 5.87. The van der Waals surface area contributed by atoms with Crippen molar-refractivity contribution in [3.8, 4) is 0 Å². The quantitative estimate of drug-likeness (QED) is 0.682. The molecule has 0 saturated heterocycles. The fraction of sp³-hybridized carbons (Fsp3) is 0.857. The van der Waals surface area contributed by atoms with E-state index in [1.165, 1.54) is 0 Å². The maximum Gasteiger partial charge on any atom is 0.306 e. The number of carbonyl (C=O) groups excluding carboxylic acids is 1. The minimum absolute atomic E-state index is 0.0348. The molecule has 0 aromatic carbocycles. The van der Waals surface area contributed by atoms with Crippen molar-refractivity contribution < 1.29 is 14.7 Å². The lowest BCUT2D eigenvalue weighted by atomic mass is 9.79. The van der Waals surface area contributed by atoms with Crippen molar-refractivity contribution in [1.29, 1.82) is 0 Å². The van der Waals surface area contributed by atoms with Crippen LogP contribution in [0.1, 0.15) is 52.4 Å². The normalized spacial score (nSPS) is 26.5. The Morgan fingerprint density at radius 1 is 1.37 bits per heavy atom. The van der Waals surface area contributed by atoms with Gasteiger partial charge in [-0.1, -0.05) is 26.2 Å². The molecular formula is C14H26N2O3. The van der Waals surface area contributed by atoms with E-state index < -0.39 is 11.5 Å². The summed E-state index contributed by atoms with van der Waals surface area (Å²) in [4.78, 5) is 23.2. The summed E-state index contributed by atoms with van der Waals surface area (Å²) in [6, 6.07) is 0. The molecule has 1 aliphatic carbocycles. The van der Waals surface area contributed by atoms with Crippen molar-refractivity contribution in [3.05, 3.63) is 0 Å². The van der Waals surface area contributed by atoms with E-state index in [4.69, 9.17) is 5.73 Å². The van der Waals surface area contributed by atoms with E-state index in [9.17, 15) is 14.7 Å². The third-order valence-electron chi connectivity index (χ3n) is 4.04. The third-order valence-corrected chi connectivity index (χ3v) is 4.04. The van der Waals surface area contributed by atoms with Gasteiger partial charge in [-0.2, -0.15) is 0 Å². The van der Waals surface area contributed by atoms with E-state index in [-0.39, 0.29) is 17.7 Å². The molecule has 0 aromatic heterocycles. The molecule has 1 saturated carbocycles. The number of nitrogens with one attached hydrogen (secondary N) is 1. The molecule has 4 N–H and O–H groups in total. The summed E-state index contributed by atoms with van der Waals surface area (Å²) in [5.74, 6) is -1.22. The molecule has 0 aromatic rings. The molecule has 1 aliphatic rings. The van der Waals surface area contributed by atoms with Gasteiger partial charge in [-0.3, -0.25) is 9.59 Å². The van der Waals surface area contributed by atoms with Crippen molar-refractivity contribution >= 4 is 11.9 Å². The Morgan fingerprint density at radius 2 is 2.00 bits per heavy atom. The molecule has 5 heteroatoms. The van der Waals surface area contributed by atoms with Crippen LogP contribution < -0.4 is 11.1 Å². The van der Waals surface area contributed by atoms with Gasteiger partial charge in [0, 0.05) is 6.54 Å². The highest BCUT2D eigenvalue weighted by Gasteiger charge is 2.33. The minimum Gasteiger partial charge on any atom is -0.481 e. The van der Waals surface area contributed by atoms with Gasteiger partial charge in [-0.25, -0.2) is 0 Å². The standard InChI is InChI=1S/C14H26N2O3/c1-3-8-14(2,15)13(19)16-9-10-6-4-5-7-11(10)12(17)18/h10-11H,3-9,15H2,1-2H3,(H,16,19)(H,17,18). The Morgan fingerprint density at radius 3 is 2.58 bits per heavy atom. The number of aliphatic carboxylic acids is 1. The highest BCUT2D eigenvalue weighted by molar-refractivity contribution is 5.85. The second kappa shape index (κ2) is 6.89. The van der Waals surface area contributed by atoms with Gasteiger partial charge in [0.1, 0.15) is 0 Å². The van der Waals surface area contributed by atoms with Crippen molar-refractivity contribution in [2.75, 3.05) is 6.54 Å². The van der Waals surface area contributed by atoms with E-state index in [1.54, 1.807) is 6.92 Å².